The molecule has 1 aromatic carbocycles. The minimum Gasteiger partial charge on any atom is -0.467 e. The number of rotatable bonds is 5. The fourth-order valence-electron chi connectivity index (χ4n) is 1.84. The molecule has 1 atom stereocenters. The van der Waals surface area contributed by atoms with Gasteiger partial charge in [0.15, 0.2) is 0 Å². The van der Waals surface area contributed by atoms with Crippen molar-refractivity contribution >= 4 is 23.2 Å². The number of furan rings is 1. The summed E-state index contributed by atoms with van der Waals surface area (Å²) in [5, 5.41) is 3.80. The number of primary amides is 1. The van der Waals surface area contributed by atoms with Gasteiger partial charge < -0.3 is 15.5 Å². The third-order valence-electron chi connectivity index (χ3n) is 2.88. The van der Waals surface area contributed by atoms with Crippen LogP contribution in [0.1, 0.15) is 35.5 Å². The Morgan fingerprint density at radius 2 is 2.26 bits per heavy atom. The number of amides is 1. The predicted octanol–water partition coefficient (Wildman–Crippen LogP) is 3.60. The van der Waals surface area contributed by atoms with E-state index in [0.29, 0.717) is 16.3 Å². The zero-order valence-electron chi connectivity index (χ0n) is 10.5. The van der Waals surface area contributed by atoms with E-state index in [1.54, 1.807) is 24.5 Å². The maximum absolute atomic E-state index is 11.2. The van der Waals surface area contributed by atoms with E-state index in [1.165, 1.54) is 0 Å². The lowest BCUT2D eigenvalue weighted by atomic mass is 10.1. The lowest BCUT2D eigenvalue weighted by Crippen LogP contribution is -2.13. The molecule has 0 aliphatic carbocycles. The summed E-state index contributed by atoms with van der Waals surface area (Å²) in [6, 6.07) is 8.63. The standard InChI is InChI=1S/C14H15ClN2O2/c1-2-11(13-4-3-7-19-13)17-12-8-9(14(16)18)5-6-10(12)15/h3-8,11,17H,2H2,1H3,(H2,16,18). The predicted molar refractivity (Wildman–Crippen MR) is 75.3 cm³/mol. The molecule has 0 aliphatic heterocycles. The summed E-state index contributed by atoms with van der Waals surface area (Å²) >= 11 is 6.12. The average molecular weight is 279 g/mol. The number of carbonyl (C=O) groups is 1. The zero-order chi connectivity index (χ0) is 13.8. The second-order valence-corrected chi connectivity index (χ2v) is 4.59. The molecule has 0 bridgehead atoms. The van der Waals surface area contributed by atoms with E-state index in [1.807, 2.05) is 19.1 Å². The van der Waals surface area contributed by atoms with Crippen molar-refractivity contribution in [3.63, 3.8) is 0 Å². The Labute approximate surface area is 116 Å². The van der Waals surface area contributed by atoms with Crippen LogP contribution in [-0.4, -0.2) is 5.91 Å². The lowest BCUT2D eigenvalue weighted by molar-refractivity contribution is 0.100. The fraction of sp³-hybridized carbons (Fsp3) is 0.214. The molecule has 0 fully saturated rings. The van der Waals surface area contributed by atoms with E-state index < -0.39 is 5.91 Å². The monoisotopic (exact) mass is 278 g/mol. The van der Waals surface area contributed by atoms with E-state index in [9.17, 15) is 4.79 Å². The van der Waals surface area contributed by atoms with Gasteiger partial charge >= 0.3 is 0 Å². The number of nitrogens with one attached hydrogen (secondary N) is 1. The average Bonchev–Trinajstić information content (AvgIpc) is 2.91. The second kappa shape index (κ2) is 5.80. The third kappa shape index (κ3) is 3.09. The second-order valence-electron chi connectivity index (χ2n) is 4.18. The van der Waals surface area contributed by atoms with Crippen LogP contribution in [-0.2, 0) is 0 Å². The van der Waals surface area contributed by atoms with Crippen molar-refractivity contribution in [2.24, 2.45) is 5.73 Å². The Kier molecular flexibility index (Phi) is 4.12. The summed E-state index contributed by atoms with van der Waals surface area (Å²) in [5.41, 5.74) is 6.35. The van der Waals surface area contributed by atoms with Gasteiger partial charge in [-0.2, -0.15) is 0 Å². The molecule has 3 N–H and O–H groups in total. The molecule has 0 aliphatic rings. The quantitative estimate of drug-likeness (QED) is 0.878. The molecule has 0 radical (unpaired) electrons. The van der Waals surface area contributed by atoms with Crippen LogP contribution in [0.2, 0.25) is 5.02 Å². The van der Waals surface area contributed by atoms with Crippen molar-refractivity contribution in [2.45, 2.75) is 19.4 Å². The summed E-state index contributed by atoms with van der Waals surface area (Å²) in [7, 11) is 0. The number of anilines is 1. The minimum absolute atomic E-state index is 0.00405. The number of hydrogen-bond acceptors (Lipinski definition) is 3. The molecule has 0 saturated carbocycles. The smallest absolute Gasteiger partial charge is 0.248 e. The molecule has 5 heteroatoms. The van der Waals surface area contributed by atoms with Gasteiger partial charge in [0.2, 0.25) is 5.91 Å². The van der Waals surface area contributed by atoms with E-state index in [4.69, 9.17) is 21.8 Å². The highest BCUT2D eigenvalue weighted by molar-refractivity contribution is 6.33. The number of hydrogen-bond donors (Lipinski definition) is 2. The van der Waals surface area contributed by atoms with Gasteiger partial charge in [-0.15, -0.1) is 0 Å². The van der Waals surface area contributed by atoms with Gasteiger partial charge in [0, 0.05) is 5.56 Å². The van der Waals surface area contributed by atoms with Crippen LogP contribution >= 0.6 is 11.6 Å². The number of halogens is 1. The first-order valence-corrected chi connectivity index (χ1v) is 6.39. The van der Waals surface area contributed by atoms with Crippen molar-refractivity contribution < 1.29 is 9.21 Å². The van der Waals surface area contributed by atoms with Crippen LogP contribution < -0.4 is 11.1 Å². The van der Waals surface area contributed by atoms with Crippen molar-refractivity contribution in [2.75, 3.05) is 5.32 Å². The molecule has 1 aromatic heterocycles. The Hall–Kier alpha value is -1.94. The van der Waals surface area contributed by atoms with Crippen LogP contribution in [0, 0.1) is 0 Å². The van der Waals surface area contributed by atoms with E-state index in [2.05, 4.69) is 5.32 Å². The number of benzene rings is 1. The van der Waals surface area contributed by atoms with Crippen LogP contribution in [0.15, 0.2) is 41.0 Å². The van der Waals surface area contributed by atoms with Crippen molar-refractivity contribution in [3.8, 4) is 0 Å². The Morgan fingerprint density at radius 3 is 2.84 bits per heavy atom. The van der Waals surface area contributed by atoms with Crippen molar-refractivity contribution in [1.29, 1.82) is 0 Å². The molecule has 1 amide bonds. The van der Waals surface area contributed by atoms with Gasteiger partial charge in [-0.25, -0.2) is 0 Å². The topological polar surface area (TPSA) is 68.3 Å². The molecule has 1 heterocycles. The van der Waals surface area contributed by atoms with Gasteiger partial charge in [0.1, 0.15) is 5.76 Å². The van der Waals surface area contributed by atoms with Crippen LogP contribution in [0.4, 0.5) is 5.69 Å². The Balaban J connectivity index is 2.26. The SMILES string of the molecule is CCC(Nc1cc(C(N)=O)ccc1Cl)c1ccco1. The first-order valence-electron chi connectivity index (χ1n) is 6.01. The number of nitrogens with two attached hydrogens (primary N) is 1. The molecule has 19 heavy (non-hydrogen) atoms. The normalized spacial score (nSPS) is 12.1. The van der Waals surface area contributed by atoms with Gasteiger partial charge in [0.25, 0.3) is 0 Å². The summed E-state index contributed by atoms with van der Waals surface area (Å²) < 4.78 is 5.38. The molecule has 0 spiro atoms. The van der Waals surface area contributed by atoms with Gasteiger partial charge in [-0.3, -0.25) is 4.79 Å². The number of carbonyl (C=O) groups excluding carboxylic acids is 1. The molecule has 100 valence electrons. The van der Waals surface area contributed by atoms with Crippen molar-refractivity contribution in [1.82, 2.24) is 0 Å². The molecule has 2 rings (SSSR count). The highest BCUT2D eigenvalue weighted by Crippen LogP contribution is 2.29. The molecular weight excluding hydrogens is 264 g/mol. The fourth-order valence-corrected chi connectivity index (χ4v) is 2.01. The van der Waals surface area contributed by atoms with Gasteiger partial charge in [-0.05, 0) is 36.8 Å². The summed E-state index contributed by atoms with van der Waals surface area (Å²) in [4.78, 5) is 11.2. The highest BCUT2D eigenvalue weighted by Gasteiger charge is 2.14. The molecule has 0 saturated heterocycles. The van der Waals surface area contributed by atoms with Crippen molar-refractivity contribution in [3.05, 3.63) is 52.9 Å². The Bertz CT molecular complexity index is 567. The Morgan fingerprint density at radius 1 is 1.47 bits per heavy atom. The van der Waals surface area contributed by atoms with E-state index in [-0.39, 0.29) is 6.04 Å². The lowest BCUT2D eigenvalue weighted by Gasteiger charge is -2.17. The van der Waals surface area contributed by atoms with Crippen LogP contribution in [0.3, 0.4) is 0 Å². The van der Waals surface area contributed by atoms with E-state index >= 15 is 0 Å². The molecular formula is C14H15ClN2O2. The molecule has 4 nitrogen and oxygen atoms in total. The summed E-state index contributed by atoms with van der Waals surface area (Å²) in [5.74, 6) is 0.341. The minimum atomic E-state index is -0.481. The maximum atomic E-state index is 11.2. The third-order valence-corrected chi connectivity index (χ3v) is 3.21. The van der Waals surface area contributed by atoms with Gasteiger partial charge in [0.05, 0.1) is 23.0 Å². The van der Waals surface area contributed by atoms with Crippen LogP contribution in [0.25, 0.3) is 0 Å². The largest absolute Gasteiger partial charge is 0.467 e. The summed E-state index contributed by atoms with van der Waals surface area (Å²) in [6.45, 7) is 2.03. The summed E-state index contributed by atoms with van der Waals surface area (Å²) in [6.07, 6.45) is 2.45. The highest BCUT2D eigenvalue weighted by atomic mass is 35.5. The maximum Gasteiger partial charge on any atom is 0.248 e. The van der Waals surface area contributed by atoms with Crippen LogP contribution in [0.5, 0.6) is 0 Å². The zero-order valence-corrected chi connectivity index (χ0v) is 11.3. The molecule has 2 aromatic rings. The van der Waals surface area contributed by atoms with Gasteiger partial charge in [-0.1, -0.05) is 18.5 Å². The van der Waals surface area contributed by atoms with E-state index in [0.717, 1.165) is 12.2 Å². The first-order chi connectivity index (χ1) is 9.11. The molecule has 1 unspecified atom stereocenters. The first kappa shape index (κ1) is 13.5.